The Hall–Kier alpha value is -2.45. The highest BCUT2D eigenvalue weighted by molar-refractivity contribution is 7.22. The maximum absolute atomic E-state index is 13.0. The zero-order chi connectivity index (χ0) is 25.1. The average molecular weight is 520 g/mol. The molecular weight excluding hydrogens is 486 g/mol. The van der Waals surface area contributed by atoms with E-state index in [1.54, 1.807) is 24.6 Å². The first kappa shape index (κ1) is 25.2. The van der Waals surface area contributed by atoms with Crippen LogP contribution in [-0.2, 0) is 22.4 Å². The summed E-state index contributed by atoms with van der Waals surface area (Å²) >= 11 is 3.54. The van der Waals surface area contributed by atoms with Crippen LogP contribution in [0.3, 0.4) is 0 Å². The van der Waals surface area contributed by atoms with Crippen LogP contribution in [0.15, 0.2) is 42.7 Å². The lowest BCUT2D eigenvalue weighted by molar-refractivity contribution is -0.118. The van der Waals surface area contributed by atoms with Gasteiger partial charge in [0.1, 0.15) is 10.8 Å². The number of benzene rings is 1. The van der Waals surface area contributed by atoms with Crippen molar-refractivity contribution in [1.29, 1.82) is 0 Å². The number of nitrogens with zero attached hydrogens (tertiary/aromatic N) is 2. The highest BCUT2D eigenvalue weighted by Crippen LogP contribution is 2.45. The third kappa shape index (κ3) is 5.44. The van der Waals surface area contributed by atoms with Gasteiger partial charge in [0.05, 0.1) is 10.2 Å². The van der Waals surface area contributed by atoms with Gasteiger partial charge in [-0.1, -0.05) is 18.6 Å². The SMILES string of the molecule is COCCCCCC(=O)Cc1sc2c(c1-c1nc3cc(-c4cccnc4)ccc3s1)CC(C)NC2C. The lowest BCUT2D eigenvalue weighted by Crippen LogP contribution is -2.35. The molecule has 2 unspecified atom stereocenters. The molecule has 1 aliphatic rings. The topological polar surface area (TPSA) is 64.1 Å². The fourth-order valence-electron chi connectivity index (χ4n) is 5.09. The van der Waals surface area contributed by atoms with E-state index >= 15 is 0 Å². The van der Waals surface area contributed by atoms with Crippen molar-refractivity contribution < 1.29 is 9.53 Å². The summed E-state index contributed by atoms with van der Waals surface area (Å²) in [6, 6.07) is 11.2. The number of unbranched alkanes of at least 4 members (excludes halogenated alkanes) is 2. The number of ether oxygens (including phenoxy) is 1. The summed E-state index contributed by atoms with van der Waals surface area (Å²) in [5.74, 6) is 0.320. The van der Waals surface area contributed by atoms with Crippen molar-refractivity contribution in [2.24, 2.45) is 0 Å². The van der Waals surface area contributed by atoms with Crippen LogP contribution in [0.2, 0.25) is 0 Å². The van der Waals surface area contributed by atoms with Gasteiger partial charge in [-0.05, 0) is 62.4 Å². The fourth-order valence-corrected chi connectivity index (χ4v) is 7.57. The second-order valence-electron chi connectivity index (χ2n) is 9.70. The summed E-state index contributed by atoms with van der Waals surface area (Å²) in [4.78, 5) is 24.9. The minimum atomic E-state index is 0.289. The van der Waals surface area contributed by atoms with Gasteiger partial charge in [0.15, 0.2) is 0 Å². The number of thiophene rings is 1. The standard InChI is InChI=1S/C29H33N3O2S2/c1-18-14-23-27(26(35-28(23)19(2)31-18)16-22(33)9-5-4-6-13-34-3)29-32-24-15-20(10-11-25(24)36-29)21-8-7-12-30-17-21/h7-8,10-12,15,17-19,31H,4-6,9,13-14,16H2,1-3H3. The minimum Gasteiger partial charge on any atom is -0.385 e. The van der Waals surface area contributed by atoms with Gasteiger partial charge in [-0.25, -0.2) is 4.98 Å². The Morgan fingerprint density at radius 1 is 1.14 bits per heavy atom. The summed E-state index contributed by atoms with van der Waals surface area (Å²) in [7, 11) is 1.73. The molecule has 1 N–H and O–H groups in total. The van der Waals surface area contributed by atoms with Gasteiger partial charge in [0.2, 0.25) is 0 Å². The van der Waals surface area contributed by atoms with Crippen molar-refractivity contribution in [2.45, 2.75) is 64.5 Å². The zero-order valence-electron chi connectivity index (χ0n) is 21.2. The Bertz CT molecular complexity index is 1350. The van der Waals surface area contributed by atoms with Crippen LogP contribution in [0, 0.1) is 0 Å². The molecule has 36 heavy (non-hydrogen) atoms. The van der Waals surface area contributed by atoms with Gasteiger partial charge in [-0.15, -0.1) is 22.7 Å². The smallest absolute Gasteiger partial charge is 0.138 e. The zero-order valence-corrected chi connectivity index (χ0v) is 22.8. The van der Waals surface area contributed by atoms with E-state index in [2.05, 4.69) is 48.4 Å². The largest absolute Gasteiger partial charge is 0.385 e. The van der Waals surface area contributed by atoms with Crippen LogP contribution in [0.5, 0.6) is 0 Å². The molecule has 7 heteroatoms. The number of aromatic nitrogens is 2. The summed E-state index contributed by atoms with van der Waals surface area (Å²) < 4.78 is 6.30. The van der Waals surface area contributed by atoms with Crippen LogP contribution in [0.1, 0.15) is 60.9 Å². The quantitative estimate of drug-likeness (QED) is 0.229. The molecule has 4 heterocycles. The summed E-state index contributed by atoms with van der Waals surface area (Å²) in [5, 5.41) is 4.71. The first-order valence-electron chi connectivity index (χ1n) is 12.8. The molecular formula is C29H33N3O2S2. The van der Waals surface area contributed by atoms with Crippen molar-refractivity contribution in [3.8, 4) is 21.7 Å². The van der Waals surface area contributed by atoms with Crippen molar-refractivity contribution in [3.05, 3.63) is 58.0 Å². The van der Waals surface area contributed by atoms with Crippen LogP contribution >= 0.6 is 22.7 Å². The van der Waals surface area contributed by atoms with Gasteiger partial charge >= 0.3 is 0 Å². The van der Waals surface area contributed by atoms with E-state index in [-0.39, 0.29) is 6.04 Å². The molecule has 0 aliphatic carbocycles. The molecule has 3 aromatic heterocycles. The van der Waals surface area contributed by atoms with Gasteiger partial charge in [0.25, 0.3) is 0 Å². The Kier molecular flexibility index (Phi) is 7.91. The molecule has 4 aromatic rings. The number of carbonyl (C=O) groups is 1. The highest BCUT2D eigenvalue weighted by atomic mass is 32.1. The Morgan fingerprint density at radius 2 is 2.03 bits per heavy atom. The van der Waals surface area contributed by atoms with E-state index in [4.69, 9.17) is 9.72 Å². The fraction of sp³-hybridized carbons (Fsp3) is 0.414. The monoisotopic (exact) mass is 519 g/mol. The lowest BCUT2D eigenvalue weighted by Gasteiger charge is -2.26. The molecule has 5 nitrogen and oxygen atoms in total. The van der Waals surface area contributed by atoms with E-state index in [1.165, 1.54) is 25.6 Å². The average Bonchev–Trinajstić information content (AvgIpc) is 3.44. The Balaban J connectivity index is 1.47. The van der Waals surface area contributed by atoms with Crippen molar-refractivity contribution >= 4 is 38.7 Å². The van der Waals surface area contributed by atoms with Crippen LogP contribution in [0.25, 0.3) is 31.9 Å². The molecule has 0 radical (unpaired) electrons. The summed E-state index contributed by atoms with van der Waals surface area (Å²) in [6.45, 7) is 5.23. The maximum Gasteiger partial charge on any atom is 0.138 e. The molecule has 5 rings (SSSR count). The summed E-state index contributed by atoms with van der Waals surface area (Å²) in [5.41, 5.74) is 5.81. The molecule has 0 bridgehead atoms. The second kappa shape index (κ2) is 11.3. The number of rotatable bonds is 10. The first-order valence-corrected chi connectivity index (χ1v) is 14.4. The van der Waals surface area contributed by atoms with E-state index in [0.29, 0.717) is 24.7 Å². The summed E-state index contributed by atoms with van der Waals surface area (Å²) in [6.07, 6.45) is 8.74. The maximum atomic E-state index is 13.0. The second-order valence-corrected chi connectivity index (χ2v) is 11.9. The van der Waals surface area contributed by atoms with E-state index in [0.717, 1.165) is 53.9 Å². The number of hydrogen-bond acceptors (Lipinski definition) is 7. The number of pyridine rings is 1. The molecule has 0 fully saturated rings. The number of hydrogen-bond donors (Lipinski definition) is 1. The lowest BCUT2D eigenvalue weighted by atomic mass is 9.94. The number of methoxy groups -OCH3 is 1. The molecule has 1 aromatic carbocycles. The predicted molar refractivity (Wildman–Crippen MR) is 150 cm³/mol. The van der Waals surface area contributed by atoms with Gasteiger partial charge in [-0.2, -0.15) is 0 Å². The van der Waals surface area contributed by atoms with E-state index in [1.807, 2.05) is 23.6 Å². The third-order valence-electron chi connectivity index (χ3n) is 6.81. The number of Topliss-reactive ketones (excluding diaryl/α,β-unsaturated/α-hetero) is 1. The van der Waals surface area contributed by atoms with Crippen molar-refractivity contribution in [3.63, 3.8) is 0 Å². The third-order valence-corrected chi connectivity index (χ3v) is 9.28. The highest BCUT2D eigenvalue weighted by Gasteiger charge is 2.30. The van der Waals surface area contributed by atoms with Gasteiger partial charge in [0, 0.05) is 71.9 Å². The minimum absolute atomic E-state index is 0.289. The normalized spacial score (nSPS) is 17.4. The van der Waals surface area contributed by atoms with Crippen LogP contribution < -0.4 is 5.32 Å². The molecule has 0 amide bonds. The molecule has 0 spiro atoms. The number of fused-ring (bicyclic) bond motifs is 2. The molecule has 188 valence electrons. The van der Waals surface area contributed by atoms with E-state index < -0.39 is 0 Å². The Labute approximate surface area is 221 Å². The predicted octanol–water partition coefficient (Wildman–Crippen LogP) is 7.00. The number of thiazole rings is 1. The molecule has 1 aliphatic heterocycles. The number of carbonyl (C=O) groups excluding carboxylic acids is 1. The first-order chi connectivity index (χ1) is 17.5. The molecule has 0 saturated carbocycles. The number of nitrogens with one attached hydrogen (secondary N) is 1. The number of ketones is 1. The van der Waals surface area contributed by atoms with Crippen molar-refractivity contribution in [1.82, 2.24) is 15.3 Å². The van der Waals surface area contributed by atoms with Crippen molar-refractivity contribution in [2.75, 3.05) is 13.7 Å². The molecule has 0 saturated heterocycles. The Morgan fingerprint density at radius 3 is 2.83 bits per heavy atom. The van der Waals surface area contributed by atoms with Gasteiger partial charge in [-0.3, -0.25) is 9.78 Å². The van der Waals surface area contributed by atoms with Crippen LogP contribution in [0.4, 0.5) is 0 Å². The van der Waals surface area contributed by atoms with E-state index in [9.17, 15) is 4.79 Å². The van der Waals surface area contributed by atoms with Crippen LogP contribution in [-0.4, -0.2) is 35.5 Å². The molecule has 2 atom stereocenters. The van der Waals surface area contributed by atoms with Gasteiger partial charge < -0.3 is 10.1 Å².